The lowest BCUT2D eigenvalue weighted by molar-refractivity contribution is 0.0919. The van der Waals surface area contributed by atoms with E-state index in [0.717, 1.165) is 0 Å². The quantitative estimate of drug-likeness (QED) is 0.798. The van der Waals surface area contributed by atoms with Crippen LogP contribution in [0, 0.1) is 6.92 Å². The Morgan fingerprint density at radius 2 is 2.11 bits per heavy atom. The van der Waals surface area contributed by atoms with Crippen LogP contribution in [0.1, 0.15) is 36.9 Å². The van der Waals surface area contributed by atoms with E-state index in [1.165, 1.54) is 6.33 Å². The molecular weight excluding hydrogens is 234 g/mol. The second kappa shape index (κ2) is 3.97. The molecule has 0 aliphatic heterocycles. The number of aromatic nitrogens is 2. The van der Waals surface area contributed by atoms with Gasteiger partial charge in [0.25, 0.3) is 11.5 Å². The number of hydrogen-bond acceptors (Lipinski definition) is 4. The number of amides is 1. The van der Waals surface area contributed by atoms with E-state index in [1.54, 1.807) is 6.92 Å². The summed E-state index contributed by atoms with van der Waals surface area (Å²) in [6.45, 7) is 7.24. The van der Waals surface area contributed by atoms with E-state index in [2.05, 4.69) is 15.3 Å². The van der Waals surface area contributed by atoms with Gasteiger partial charge in [0.15, 0.2) is 0 Å². The minimum Gasteiger partial charge on any atom is -0.442 e. The second-order valence-electron chi connectivity index (χ2n) is 5.15. The molecule has 2 aromatic rings. The Morgan fingerprint density at radius 1 is 1.44 bits per heavy atom. The van der Waals surface area contributed by atoms with Gasteiger partial charge in [0, 0.05) is 5.54 Å². The largest absolute Gasteiger partial charge is 0.442 e. The number of carbonyl (C=O) groups excluding carboxylic acids is 1. The zero-order chi connectivity index (χ0) is 13.5. The highest BCUT2D eigenvalue weighted by molar-refractivity contribution is 6.06. The molecular formula is C12H15N3O3. The molecule has 6 heteroatoms. The van der Waals surface area contributed by atoms with Gasteiger partial charge in [-0.05, 0) is 27.7 Å². The van der Waals surface area contributed by atoms with E-state index >= 15 is 0 Å². The Morgan fingerprint density at radius 3 is 2.72 bits per heavy atom. The molecule has 0 spiro atoms. The lowest BCUT2D eigenvalue weighted by Gasteiger charge is -2.20. The number of rotatable bonds is 1. The molecule has 0 radical (unpaired) electrons. The minimum atomic E-state index is -0.387. The molecule has 0 bridgehead atoms. The second-order valence-corrected chi connectivity index (χ2v) is 5.15. The van der Waals surface area contributed by atoms with Crippen LogP contribution in [0.2, 0.25) is 0 Å². The van der Waals surface area contributed by atoms with Gasteiger partial charge in [0.2, 0.25) is 5.71 Å². The summed E-state index contributed by atoms with van der Waals surface area (Å²) in [7, 11) is 0. The normalized spacial score (nSPS) is 11.8. The van der Waals surface area contributed by atoms with Gasteiger partial charge >= 0.3 is 0 Å². The molecule has 0 aromatic carbocycles. The van der Waals surface area contributed by atoms with Crippen molar-refractivity contribution in [1.29, 1.82) is 0 Å². The maximum Gasteiger partial charge on any atom is 0.262 e. The third-order valence-electron chi connectivity index (χ3n) is 2.39. The molecule has 1 amide bonds. The third-order valence-corrected chi connectivity index (χ3v) is 2.39. The summed E-state index contributed by atoms with van der Waals surface area (Å²) < 4.78 is 5.32. The summed E-state index contributed by atoms with van der Waals surface area (Å²) in [4.78, 5) is 30.2. The fourth-order valence-electron chi connectivity index (χ4n) is 1.73. The standard InChI is InChI=1S/C12H15N3O3/c1-6-7(10(17)15-12(2,3)4)8-9(16)13-5-14-11(8)18-6/h5H,1-4H3,(H,15,17)(H,13,14,16). The van der Waals surface area contributed by atoms with Crippen molar-refractivity contribution in [2.45, 2.75) is 33.2 Å². The summed E-state index contributed by atoms with van der Waals surface area (Å²) in [5.74, 6) is 0.0493. The molecule has 0 saturated carbocycles. The van der Waals surface area contributed by atoms with Gasteiger partial charge < -0.3 is 14.7 Å². The van der Waals surface area contributed by atoms with Crippen LogP contribution in [0.5, 0.6) is 0 Å². The molecule has 0 saturated heterocycles. The van der Waals surface area contributed by atoms with Crippen LogP contribution in [0.15, 0.2) is 15.5 Å². The lowest BCUT2D eigenvalue weighted by Crippen LogP contribution is -2.41. The number of nitrogens with one attached hydrogen (secondary N) is 2. The van der Waals surface area contributed by atoms with Crippen LogP contribution in [0.25, 0.3) is 11.1 Å². The molecule has 2 heterocycles. The number of furan rings is 1. The van der Waals surface area contributed by atoms with Crippen molar-refractivity contribution >= 4 is 17.0 Å². The summed E-state index contributed by atoms with van der Waals surface area (Å²) in [6, 6.07) is 0. The van der Waals surface area contributed by atoms with Crippen molar-refractivity contribution in [1.82, 2.24) is 15.3 Å². The van der Waals surface area contributed by atoms with Crippen molar-refractivity contribution in [3.63, 3.8) is 0 Å². The fourth-order valence-corrected chi connectivity index (χ4v) is 1.73. The van der Waals surface area contributed by atoms with E-state index in [9.17, 15) is 9.59 Å². The Hall–Kier alpha value is -2.11. The zero-order valence-electron chi connectivity index (χ0n) is 10.7. The first kappa shape index (κ1) is 12.3. The summed E-state index contributed by atoms with van der Waals surface area (Å²) in [5, 5.41) is 2.99. The van der Waals surface area contributed by atoms with Gasteiger partial charge in [0.05, 0.1) is 11.9 Å². The summed E-state index contributed by atoms with van der Waals surface area (Å²) in [5.41, 5.74) is -0.345. The molecule has 0 unspecified atom stereocenters. The topological polar surface area (TPSA) is 88.0 Å². The molecule has 96 valence electrons. The number of aromatic amines is 1. The average Bonchev–Trinajstić information content (AvgIpc) is 2.53. The smallest absolute Gasteiger partial charge is 0.262 e. The Balaban J connectivity index is 2.61. The molecule has 0 atom stereocenters. The predicted molar refractivity (Wildman–Crippen MR) is 66.6 cm³/mol. The Bertz CT molecular complexity index is 661. The van der Waals surface area contributed by atoms with Crippen LogP contribution in [0.3, 0.4) is 0 Å². The molecule has 6 nitrogen and oxygen atoms in total. The molecule has 0 aliphatic rings. The number of hydrogen-bond donors (Lipinski definition) is 2. The highest BCUT2D eigenvalue weighted by Crippen LogP contribution is 2.20. The fraction of sp³-hybridized carbons (Fsp3) is 0.417. The van der Waals surface area contributed by atoms with Crippen LogP contribution >= 0.6 is 0 Å². The van der Waals surface area contributed by atoms with Crippen LogP contribution in [0.4, 0.5) is 0 Å². The molecule has 0 aliphatic carbocycles. The van der Waals surface area contributed by atoms with Crippen molar-refractivity contribution in [3.05, 3.63) is 28.0 Å². The van der Waals surface area contributed by atoms with E-state index in [0.29, 0.717) is 5.76 Å². The molecule has 2 rings (SSSR count). The lowest BCUT2D eigenvalue weighted by atomic mass is 10.1. The van der Waals surface area contributed by atoms with Crippen LogP contribution in [-0.2, 0) is 0 Å². The van der Waals surface area contributed by atoms with E-state index in [1.807, 2.05) is 20.8 Å². The minimum absolute atomic E-state index is 0.176. The van der Waals surface area contributed by atoms with E-state index in [-0.39, 0.29) is 33.7 Å². The number of fused-ring (bicyclic) bond motifs is 1. The number of carbonyl (C=O) groups is 1. The first-order valence-corrected chi connectivity index (χ1v) is 5.59. The van der Waals surface area contributed by atoms with E-state index < -0.39 is 0 Å². The molecule has 2 aromatic heterocycles. The zero-order valence-corrected chi connectivity index (χ0v) is 10.7. The highest BCUT2D eigenvalue weighted by atomic mass is 16.3. The van der Waals surface area contributed by atoms with Gasteiger partial charge in [-0.1, -0.05) is 0 Å². The van der Waals surface area contributed by atoms with Crippen molar-refractivity contribution in [2.24, 2.45) is 0 Å². The third kappa shape index (κ3) is 2.13. The van der Waals surface area contributed by atoms with Crippen LogP contribution in [-0.4, -0.2) is 21.4 Å². The Kier molecular flexibility index (Phi) is 2.73. The highest BCUT2D eigenvalue weighted by Gasteiger charge is 2.24. The van der Waals surface area contributed by atoms with Gasteiger partial charge in [-0.25, -0.2) is 4.98 Å². The van der Waals surface area contributed by atoms with Gasteiger partial charge in [0.1, 0.15) is 11.1 Å². The van der Waals surface area contributed by atoms with Gasteiger partial charge in [-0.3, -0.25) is 9.59 Å². The maximum absolute atomic E-state index is 12.2. The van der Waals surface area contributed by atoms with Crippen molar-refractivity contribution < 1.29 is 9.21 Å². The predicted octanol–water partition coefficient (Wildman–Crippen LogP) is 1.35. The Labute approximate surface area is 103 Å². The molecule has 0 fully saturated rings. The first-order valence-electron chi connectivity index (χ1n) is 5.59. The molecule has 18 heavy (non-hydrogen) atoms. The summed E-state index contributed by atoms with van der Waals surface area (Å²) in [6.07, 6.45) is 1.25. The molecule has 2 N–H and O–H groups in total. The van der Waals surface area contributed by atoms with Crippen LogP contribution < -0.4 is 10.9 Å². The SMILES string of the molecule is Cc1oc2nc[nH]c(=O)c2c1C(=O)NC(C)(C)C. The van der Waals surface area contributed by atoms with Crippen molar-refractivity contribution in [3.8, 4) is 0 Å². The number of aryl methyl sites for hydroxylation is 1. The van der Waals surface area contributed by atoms with Crippen molar-refractivity contribution in [2.75, 3.05) is 0 Å². The number of H-pyrrole nitrogens is 1. The number of nitrogens with zero attached hydrogens (tertiary/aromatic N) is 1. The average molecular weight is 249 g/mol. The maximum atomic E-state index is 12.2. The summed E-state index contributed by atoms with van der Waals surface area (Å²) >= 11 is 0. The monoisotopic (exact) mass is 249 g/mol. The van der Waals surface area contributed by atoms with Gasteiger partial charge in [-0.15, -0.1) is 0 Å². The van der Waals surface area contributed by atoms with Gasteiger partial charge in [-0.2, -0.15) is 0 Å². The van der Waals surface area contributed by atoms with E-state index in [4.69, 9.17) is 4.42 Å². The first-order chi connectivity index (χ1) is 8.29.